The molecule has 0 bridgehead atoms. The zero-order chi connectivity index (χ0) is 20.3. The van der Waals surface area contributed by atoms with E-state index in [1.165, 1.54) is 33.4 Å². The van der Waals surface area contributed by atoms with Gasteiger partial charge in [0.15, 0.2) is 10.3 Å². The molecule has 0 spiro atoms. The molecule has 0 saturated carbocycles. The van der Waals surface area contributed by atoms with Crippen molar-refractivity contribution < 1.29 is 14.8 Å². The van der Waals surface area contributed by atoms with Crippen LogP contribution in [0.1, 0.15) is 42.7 Å². The van der Waals surface area contributed by atoms with Crippen molar-refractivity contribution in [3.8, 4) is 5.88 Å². The van der Waals surface area contributed by atoms with E-state index in [1.807, 2.05) is 0 Å². The van der Waals surface area contributed by atoms with Gasteiger partial charge in [-0.2, -0.15) is 0 Å². The number of aromatic nitrogens is 2. The number of nitrogens with one attached hydrogen (secondary N) is 1. The molecule has 1 amide bonds. The van der Waals surface area contributed by atoms with Crippen molar-refractivity contribution in [3.05, 3.63) is 60.6 Å². The van der Waals surface area contributed by atoms with Gasteiger partial charge in [0.25, 0.3) is 17.2 Å². The second kappa shape index (κ2) is 8.12. The standard InChI is InChI=1S/C17H20N4O5S/c1-4-19-15(23)13(16(24)20(5-2)17(19)27)14(22)18-10(3)11-6-8-12(9-7-11)21(25)26/h6-10,23H,4-5H2,1-3H3,(H,18,22). The molecule has 1 atom stereocenters. The third-order valence-electron chi connectivity index (χ3n) is 4.21. The van der Waals surface area contributed by atoms with Gasteiger partial charge in [-0.05, 0) is 38.6 Å². The lowest BCUT2D eigenvalue weighted by Gasteiger charge is -2.18. The molecule has 0 saturated heterocycles. The van der Waals surface area contributed by atoms with Crippen LogP contribution in [0.25, 0.3) is 0 Å². The zero-order valence-corrected chi connectivity index (χ0v) is 15.9. The maximum atomic E-state index is 12.7. The minimum atomic E-state index is -0.747. The van der Waals surface area contributed by atoms with E-state index >= 15 is 0 Å². The van der Waals surface area contributed by atoms with E-state index < -0.39 is 28.3 Å². The van der Waals surface area contributed by atoms with E-state index in [0.717, 1.165) is 0 Å². The molecule has 0 radical (unpaired) electrons. The van der Waals surface area contributed by atoms with Gasteiger partial charge in [0, 0.05) is 25.2 Å². The highest BCUT2D eigenvalue weighted by atomic mass is 32.1. The molecule has 0 aliphatic heterocycles. The summed E-state index contributed by atoms with van der Waals surface area (Å²) in [5.41, 5.74) is -0.502. The highest BCUT2D eigenvalue weighted by molar-refractivity contribution is 7.71. The van der Waals surface area contributed by atoms with E-state index in [1.54, 1.807) is 20.8 Å². The van der Waals surface area contributed by atoms with E-state index in [-0.39, 0.29) is 22.6 Å². The molecular weight excluding hydrogens is 372 g/mol. The maximum absolute atomic E-state index is 12.7. The lowest BCUT2D eigenvalue weighted by atomic mass is 10.1. The van der Waals surface area contributed by atoms with Crippen LogP contribution in [0.3, 0.4) is 0 Å². The molecule has 1 aromatic heterocycles. The predicted molar refractivity (Wildman–Crippen MR) is 102 cm³/mol. The van der Waals surface area contributed by atoms with Crippen LogP contribution in [-0.2, 0) is 13.1 Å². The van der Waals surface area contributed by atoms with Gasteiger partial charge in [-0.15, -0.1) is 0 Å². The molecule has 1 aromatic carbocycles. The SMILES string of the molecule is CCn1c(O)c(C(=O)NC(C)c2ccc([N+](=O)[O-])cc2)c(=O)n(CC)c1=S. The Balaban J connectivity index is 2.39. The monoisotopic (exact) mass is 392 g/mol. The second-order valence-corrected chi connectivity index (χ2v) is 6.18. The Morgan fingerprint density at radius 3 is 2.30 bits per heavy atom. The fourth-order valence-electron chi connectivity index (χ4n) is 2.69. The summed E-state index contributed by atoms with van der Waals surface area (Å²) in [5, 5.41) is 23.7. The van der Waals surface area contributed by atoms with E-state index in [4.69, 9.17) is 12.2 Å². The lowest BCUT2D eigenvalue weighted by molar-refractivity contribution is -0.384. The summed E-state index contributed by atoms with van der Waals surface area (Å²) >= 11 is 5.19. The number of hydrogen-bond donors (Lipinski definition) is 2. The van der Waals surface area contributed by atoms with Gasteiger partial charge in [-0.1, -0.05) is 12.1 Å². The number of benzene rings is 1. The number of nitro benzene ring substituents is 1. The number of hydrogen-bond acceptors (Lipinski definition) is 6. The topological polar surface area (TPSA) is 119 Å². The highest BCUT2D eigenvalue weighted by Gasteiger charge is 2.23. The van der Waals surface area contributed by atoms with Crippen LogP contribution in [0.4, 0.5) is 5.69 Å². The highest BCUT2D eigenvalue weighted by Crippen LogP contribution is 2.19. The van der Waals surface area contributed by atoms with Gasteiger partial charge >= 0.3 is 0 Å². The fourth-order valence-corrected chi connectivity index (χ4v) is 3.12. The van der Waals surface area contributed by atoms with Crippen molar-refractivity contribution in [2.24, 2.45) is 0 Å². The van der Waals surface area contributed by atoms with Crippen LogP contribution >= 0.6 is 12.2 Å². The van der Waals surface area contributed by atoms with Gasteiger partial charge in [0.1, 0.15) is 0 Å². The number of carbonyl (C=O) groups excluding carboxylic acids is 1. The number of nitro groups is 1. The summed E-state index contributed by atoms with van der Waals surface area (Å²) in [6.07, 6.45) is 0. The van der Waals surface area contributed by atoms with Gasteiger partial charge < -0.3 is 10.4 Å². The van der Waals surface area contributed by atoms with Gasteiger partial charge in [-0.3, -0.25) is 28.8 Å². The largest absolute Gasteiger partial charge is 0.494 e. The molecule has 9 nitrogen and oxygen atoms in total. The normalized spacial score (nSPS) is 11.8. The third kappa shape index (κ3) is 3.90. The molecule has 1 heterocycles. The first-order chi connectivity index (χ1) is 12.7. The van der Waals surface area contributed by atoms with Crippen LogP contribution in [-0.4, -0.2) is 25.1 Å². The van der Waals surface area contributed by atoms with Gasteiger partial charge in [-0.25, -0.2) is 0 Å². The van der Waals surface area contributed by atoms with E-state index in [2.05, 4.69) is 5.32 Å². The van der Waals surface area contributed by atoms with Crippen molar-refractivity contribution >= 4 is 23.8 Å². The Hall–Kier alpha value is -3.01. The lowest BCUT2D eigenvalue weighted by Crippen LogP contribution is -2.36. The summed E-state index contributed by atoms with van der Waals surface area (Å²) < 4.78 is 2.69. The Labute approximate surface area is 160 Å². The first kappa shape index (κ1) is 20.3. The van der Waals surface area contributed by atoms with Crippen LogP contribution in [0.2, 0.25) is 0 Å². The Kier molecular flexibility index (Phi) is 6.11. The van der Waals surface area contributed by atoms with Crippen molar-refractivity contribution in [1.29, 1.82) is 0 Å². The molecule has 2 rings (SSSR count). The summed E-state index contributed by atoms with van der Waals surface area (Å²) in [5.74, 6) is -1.23. The number of carbonyl (C=O) groups is 1. The fraction of sp³-hybridized carbons (Fsp3) is 0.353. The Morgan fingerprint density at radius 2 is 1.81 bits per heavy atom. The predicted octanol–water partition coefficient (Wildman–Crippen LogP) is 2.52. The first-order valence-corrected chi connectivity index (χ1v) is 8.75. The Bertz CT molecular complexity index is 994. The zero-order valence-electron chi connectivity index (χ0n) is 15.1. The quantitative estimate of drug-likeness (QED) is 0.443. The summed E-state index contributed by atoms with van der Waals surface area (Å²) in [4.78, 5) is 35.4. The number of amides is 1. The molecular formula is C17H20N4O5S. The number of non-ortho nitro benzene ring substituents is 1. The molecule has 10 heteroatoms. The maximum Gasteiger partial charge on any atom is 0.271 e. The molecule has 144 valence electrons. The summed E-state index contributed by atoms with van der Waals surface area (Å²) in [6.45, 7) is 5.68. The average molecular weight is 392 g/mol. The Morgan fingerprint density at radius 1 is 1.26 bits per heavy atom. The summed E-state index contributed by atoms with van der Waals surface area (Å²) in [6, 6.07) is 5.16. The minimum Gasteiger partial charge on any atom is -0.494 e. The smallest absolute Gasteiger partial charge is 0.271 e. The molecule has 2 N–H and O–H groups in total. The molecule has 0 aliphatic carbocycles. The number of aromatic hydroxyl groups is 1. The third-order valence-corrected chi connectivity index (χ3v) is 4.65. The number of rotatable bonds is 6. The van der Waals surface area contributed by atoms with Gasteiger partial charge in [0.05, 0.1) is 11.0 Å². The molecule has 1 unspecified atom stereocenters. The number of nitrogens with zero attached hydrogens (tertiary/aromatic N) is 3. The van der Waals surface area contributed by atoms with Crippen molar-refractivity contribution in [3.63, 3.8) is 0 Å². The minimum absolute atomic E-state index is 0.0641. The van der Waals surface area contributed by atoms with Crippen LogP contribution in [0.5, 0.6) is 5.88 Å². The van der Waals surface area contributed by atoms with Gasteiger partial charge in [0.2, 0.25) is 5.88 Å². The van der Waals surface area contributed by atoms with Crippen molar-refractivity contribution in [2.75, 3.05) is 0 Å². The molecule has 2 aromatic rings. The van der Waals surface area contributed by atoms with E-state index in [9.17, 15) is 24.8 Å². The van der Waals surface area contributed by atoms with Crippen LogP contribution < -0.4 is 10.9 Å². The van der Waals surface area contributed by atoms with Crippen molar-refractivity contribution in [2.45, 2.75) is 39.9 Å². The van der Waals surface area contributed by atoms with Crippen LogP contribution in [0.15, 0.2) is 29.1 Å². The van der Waals surface area contributed by atoms with E-state index in [0.29, 0.717) is 12.1 Å². The average Bonchev–Trinajstić information content (AvgIpc) is 2.62. The van der Waals surface area contributed by atoms with Crippen LogP contribution in [0, 0.1) is 14.9 Å². The first-order valence-electron chi connectivity index (χ1n) is 8.34. The molecule has 0 fully saturated rings. The molecule has 27 heavy (non-hydrogen) atoms. The van der Waals surface area contributed by atoms with Crippen molar-refractivity contribution in [1.82, 2.24) is 14.5 Å². The summed E-state index contributed by atoms with van der Waals surface area (Å²) in [7, 11) is 0. The molecule has 0 aliphatic rings. The second-order valence-electron chi connectivity index (χ2n) is 5.82.